The lowest BCUT2D eigenvalue weighted by Gasteiger charge is -2.28. The van der Waals surface area contributed by atoms with Crippen molar-refractivity contribution in [2.24, 2.45) is 0 Å². The molecule has 31 heavy (non-hydrogen) atoms. The predicted molar refractivity (Wildman–Crippen MR) is 107 cm³/mol. The summed E-state index contributed by atoms with van der Waals surface area (Å²) >= 11 is 0. The molecule has 6 rings (SSSR count). The Hall–Kier alpha value is -3.11. The van der Waals surface area contributed by atoms with Crippen LogP contribution >= 0.6 is 0 Å². The normalized spacial score (nSPS) is 22.5. The molecule has 4 heterocycles. The molecule has 0 spiro atoms. The molecule has 1 saturated heterocycles. The minimum Gasteiger partial charge on any atom is -0.368 e. The maximum Gasteiger partial charge on any atom is 0.280 e. The summed E-state index contributed by atoms with van der Waals surface area (Å²) in [5.41, 5.74) is -0.742. The van der Waals surface area contributed by atoms with E-state index >= 15 is 0 Å². The van der Waals surface area contributed by atoms with Gasteiger partial charge in [0, 0.05) is 13.7 Å². The molecule has 0 bridgehead atoms. The van der Waals surface area contributed by atoms with Gasteiger partial charge in [0.2, 0.25) is 5.82 Å². The molecule has 10 heteroatoms. The van der Waals surface area contributed by atoms with Crippen LogP contribution in [0.2, 0.25) is 0 Å². The summed E-state index contributed by atoms with van der Waals surface area (Å²) in [7, 11) is 1.60. The number of ether oxygens (including phenoxy) is 2. The molecular weight excluding hydrogens is 405 g/mol. The summed E-state index contributed by atoms with van der Waals surface area (Å²) in [5, 5.41) is 4.05. The highest BCUT2D eigenvalue weighted by Crippen LogP contribution is 2.48. The number of nitrogens with zero attached hydrogens (tertiary/aromatic N) is 5. The van der Waals surface area contributed by atoms with Crippen LogP contribution in [0.5, 0.6) is 0 Å². The molecule has 3 aromatic heterocycles. The predicted octanol–water partition coefficient (Wildman–Crippen LogP) is 2.96. The molecule has 1 atom stereocenters. The van der Waals surface area contributed by atoms with Gasteiger partial charge in [0.15, 0.2) is 0 Å². The van der Waals surface area contributed by atoms with Gasteiger partial charge in [-0.3, -0.25) is 13.8 Å². The standard InChI is InChI=1S/C21H20FN5O4/c1-20(7-4-10-30-20)27-15-12(22)5-3-6-13(15)26-11-23-14(16(26)18(27)28)17-24-19(31-25-17)21(29-2)8-9-21/h3,5-6,11H,4,7-10H2,1-2H3. The van der Waals surface area contributed by atoms with Gasteiger partial charge in [-0.1, -0.05) is 11.2 Å². The monoisotopic (exact) mass is 425 g/mol. The van der Waals surface area contributed by atoms with Crippen molar-refractivity contribution in [1.82, 2.24) is 24.1 Å². The van der Waals surface area contributed by atoms with E-state index in [0.717, 1.165) is 19.3 Å². The first-order chi connectivity index (χ1) is 15.0. The second kappa shape index (κ2) is 6.21. The number of para-hydroxylation sites is 1. The van der Waals surface area contributed by atoms with Crippen molar-refractivity contribution in [3.8, 4) is 11.5 Å². The molecule has 1 aliphatic heterocycles. The van der Waals surface area contributed by atoms with Gasteiger partial charge in [0.05, 0.1) is 5.52 Å². The van der Waals surface area contributed by atoms with Crippen molar-refractivity contribution in [3.05, 3.63) is 46.6 Å². The first-order valence-corrected chi connectivity index (χ1v) is 10.2. The van der Waals surface area contributed by atoms with Crippen LogP contribution in [0.15, 0.2) is 33.8 Å². The number of hydrogen-bond acceptors (Lipinski definition) is 7. The Kier molecular flexibility index (Phi) is 3.73. The maximum atomic E-state index is 15.0. The van der Waals surface area contributed by atoms with Gasteiger partial charge >= 0.3 is 0 Å². The van der Waals surface area contributed by atoms with Crippen LogP contribution in [0.1, 0.15) is 38.5 Å². The number of halogens is 1. The summed E-state index contributed by atoms with van der Waals surface area (Å²) in [5.74, 6) is 0.0585. The number of aromatic nitrogens is 5. The lowest BCUT2D eigenvalue weighted by molar-refractivity contribution is -0.0451. The van der Waals surface area contributed by atoms with E-state index in [2.05, 4.69) is 15.1 Å². The van der Waals surface area contributed by atoms with Crippen molar-refractivity contribution >= 4 is 16.6 Å². The van der Waals surface area contributed by atoms with E-state index in [9.17, 15) is 9.18 Å². The Morgan fingerprint density at radius 2 is 2.06 bits per heavy atom. The second-order valence-corrected chi connectivity index (χ2v) is 8.31. The van der Waals surface area contributed by atoms with E-state index in [4.69, 9.17) is 14.0 Å². The first-order valence-electron chi connectivity index (χ1n) is 10.2. The number of imidazole rings is 1. The Morgan fingerprint density at radius 3 is 2.77 bits per heavy atom. The molecule has 160 valence electrons. The van der Waals surface area contributed by atoms with E-state index in [1.54, 1.807) is 23.6 Å². The molecule has 1 aliphatic carbocycles. The third kappa shape index (κ3) is 2.48. The fourth-order valence-electron chi connectivity index (χ4n) is 4.54. The van der Waals surface area contributed by atoms with Gasteiger partial charge in [0.25, 0.3) is 11.4 Å². The zero-order valence-electron chi connectivity index (χ0n) is 17.1. The zero-order valence-corrected chi connectivity index (χ0v) is 17.1. The summed E-state index contributed by atoms with van der Waals surface area (Å²) in [6.07, 6.45) is 4.44. The number of benzene rings is 1. The van der Waals surface area contributed by atoms with E-state index in [0.29, 0.717) is 24.4 Å². The topological polar surface area (TPSA) is 96.7 Å². The highest BCUT2D eigenvalue weighted by molar-refractivity contribution is 5.84. The van der Waals surface area contributed by atoms with Crippen molar-refractivity contribution < 1.29 is 18.4 Å². The molecule has 2 fully saturated rings. The van der Waals surface area contributed by atoms with Crippen LogP contribution in [0.3, 0.4) is 0 Å². The first kappa shape index (κ1) is 18.6. The molecule has 0 N–H and O–H groups in total. The number of rotatable bonds is 4. The van der Waals surface area contributed by atoms with Gasteiger partial charge in [-0.25, -0.2) is 9.37 Å². The van der Waals surface area contributed by atoms with Crippen LogP contribution in [0.25, 0.3) is 28.1 Å². The van der Waals surface area contributed by atoms with Crippen molar-refractivity contribution in [2.45, 2.75) is 43.9 Å². The summed E-state index contributed by atoms with van der Waals surface area (Å²) in [6.45, 7) is 2.31. The lowest BCUT2D eigenvalue weighted by atomic mass is 10.1. The minimum atomic E-state index is -0.961. The summed E-state index contributed by atoms with van der Waals surface area (Å²) < 4.78 is 34.8. The van der Waals surface area contributed by atoms with Crippen molar-refractivity contribution in [2.75, 3.05) is 13.7 Å². The summed E-state index contributed by atoms with van der Waals surface area (Å²) in [6, 6.07) is 4.69. The zero-order chi connectivity index (χ0) is 21.4. The molecule has 0 amide bonds. The van der Waals surface area contributed by atoms with Crippen LogP contribution in [-0.4, -0.2) is 37.8 Å². The van der Waals surface area contributed by atoms with Gasteiger partial charge < -0.3 is 14.0 Å². The highest BCUT2D eigenvalue weighted by Gasteiger charge is 2.50. The van der Waals surface area contributed by atoms with Crippen molar-refractivity contribution in [1.29, 1.82) is 0 Å². The average Bonchev–Trinajstić information content (AvgIpc) is 3.13. The van der Waals surface area contributed by atoms with E-state index in [1.165, 1.54) is 17.0 Å². The molecule has 1 unspecified atom stereocenters. The molecular formula is C21H20FN5O4. The number of methoxy groups -OCH3 is 1. The van der Waals surface area contributed by atoms with Crippen LogP contribution in [0.4, 0.5) is 4.39 Å². The molecule has 4 aromatic rings. The number of fused-ring (bicyclic) bond motifs is 3. The molecule has 2 aliphatic rings. The van der Waals surface area contributed by atoms with E-state index in [-0.39, 0.29) is 22.6 Å². The molecule has 9 nitrogen and oxygen atoms in total. The Labute approximate surface area is 175 Å². The lowest BCUT2D eigenvalue weighted by Crippen LogP contribution is -2.39. The third-order valence-electron chi connectivity index (χ3n) is 6.42. The molecule has 0 radical (unpaired) electrons. The van der Waals surface area contributed by atoms with Gasteiger partial charge in [-0.2, -0.15) is 4.98 Å². The molecule has 1 aromatic carbocycles. The quantitative estimate of drug-likeness (QED) is 0.496. The van der Waals surface area contributed by atoms with Gasteiger partial charge in [0.1, 0.15) is 40.2 Å². The van der Waals surface area contributed by atoms with E-state index in [1.807, 2.05) is 6.92 Å². The van der Waals surface area contributed by atoms with Crippen LogP contribution < -0.4 is 5.56 Å². The van der Waals surface area contributed by atoms with Crippen LogP contribution in [-0.2, 0) is 20.8 Å². The van der Waals surface area contributed by atoms with Gasteiger partial charge in [-0.15, -0.1) is 0 Å². The van der Waals surface area contributed by atoms with Gasteiger partial charge in [-0.05, 0) is 44.7 Å². The smallest absolute Gasteiger partial charge is 0.280 e. The average molecular weight is 425 g/mol. The molecule has 1 saturated carbocycles. The minimum absolute atomic E-state index is 0.179. The van der Waals surface area contributed by atoms with Crippen molar-refractivity contribution in [3.63, 3.8) is 0 Å². The fourth-order valence-corrected chi connectivity index (χ4v) is 4.54. The fraction of sp³-hybridized carbons (Fsp3) is 0.429. The maximum absolute atomic E-state index is 15.0. The third-order valence-corrected chi connectivity index (χ3v) is 6.42. The summed E-state index contributed by atoms with van der Waals surface area (Å²) in [4.78, 5) is 22.6. The SMILES string of the molecule is COC1(c2nc(-c3ncn4c3c(=O)n(C3(C)CCCO3)c3c(F)cccc34)no2)CC1. The second-order valence-electron chi connectivity index (χ2n) is 8.31. The highest BCUT2D eigenvalue weighted by atomic mass is 19.1. The number of hydrogen-bond donors (Lipinski definition) is 0. The Balaban J connectivity index is 1.66. The Bertz CT molecular complexity index is 1390. The van der Waals surface area contributed by atoms with Crippen LogP contribution in [0, 0.1) is 5.82 Å². The van der Waals surface area contributed by atoms with E-state index < -0.39 is 22.7 Å². The largest absolute Gasteiger partial charge is 0.368 e. The Morgan fingerprint density at radius 1 is 1.23 bits per heavy atom.